The number of aromatic nitrogens is 2. The van der Waals surface area contributed by atoms with Gasteiger partial charge in [0.15, 0.2) is 5.82 Å². The average molecular weight is 372 g/mol. The van der Waals surface area contributed by atoms with Gasteiger partial charge < -0.3 is 10.3 Å². The molecule has 0 bridgehead atoms. The Labute approximate surface area is 134 Å². The zero-order valence-electron chi connectivity index (χ0n) is 10.7. The van der Waals surface area contributed by atoms with E-state index in [9.17, 15) is 0 Å². The maximum Gasteiger partial charge on any atom is 0.232 e. The van der Waals surface area contributed by atoms with E-state index < -0.39 is 0 Å². The molecule has 1 fully saturated rings. The van der Waals surface area contributed by atoms with Crippen LogP contribution in [0.5, 0.6) is 0 Å². The van der Waals surface area contributed by atoms with E-state index in [4.69, 9.17) is 10.3 Å². The molecule has 20 heavy (non-hydrogen) atoms. The number of hydrogen-bond acceptors (Lipinski definition) is 6. The lowest BCUT2D eigenvalue weighted by Gasteiger charge is -2.07. The van der Waals surface area contributed by atoms with Crippen molar-refractivity contribution in [1.82, 2.24) is 10.1 Å². The lowest BCUT2D eigenvalue weighted by Crippen LogP contribution is -2.26. The van der Waals surface area contributed by atoms with Gasteiger partial charge in [0.1, 0.15) is 0 Å². The van der Waals surface area contributed by atoms with Gasteiger partial charge in [0, 0.05) is 26.9 Å². The van der Waals surface area contributed by atoms with Crippen molar-refractivity contribution in [2.75, 3.05) is 11.5 Å². The highest BCUT2D eigenvalue weighted by molar-refractivity contribution is 9.10. The Bertz CT molecular complexity index is 575. The van der Waals surface area contributed by atoms with Crippen molar-refractivity contribution in [2.24, 2.45) is 5.73 Å². The first-order chi connectivity index (χ1) is 9.72. The Hall–Kier alpha value is -0.500. The van der Waals surface area contributed by atoms with Crippen LogP contribution >= 0.6 is 39.5 Å². The van der Waals surface area contributed by atoms with Crippen molar-refractivity contribution in [3.05, 3.63) is 40.5 Å². The molecular weight excluding hydrogens is 358 g/mol. The second-order valence-corrected chi connectivity index (χ2v) is 7.64. The Balaban J connectivity index is 1.61. The number of benzene rings is 1. The minimum absolute atomic E-state index is 0.132. The third kappa shape index (κ3) is 3.39. The van der Waals surface area contributed by atoms with Gasteiger partial charge in [0.05, 0.1) is 11.7 Å². The van der Waals surface area contributed by atoms with E-state index >= 15 is 0 Å². The van der Waals surface area contributed by atoms with Crippen molar-refractivity contribution in [2.45, 2.75) is 22.6 Å². The van der Waals surface area contributed by atoms with Gasteiger partial charge in [0.2, 0.25) is 5.89 Å². The monoisotopic (exact) mass is 371 g/mol. The van der Waals surface area contributed by atoms with Crippen LogP contribution in [0.4, 0.5) is 0 Å². The number of rotatable bonds is 4. The summed E-state index contributed by atoms with van der Waals surface area (Å²) in [6.45, 7) is 0. The molecule has 1 aromatic heterocycles. The quantitative estimate of drug-likeness (QED) is 0.831. The fraction of sp³-hybridized carbons (Fsp3) is 0.385. The van der Waals surface area contributed by atoms with Crippen LogP contribution in [0.25, 0.3) is 0 Å². The predicted molar refractivity (Wildman–Crippen MR) is 86.0 cm³/mol. The molecule has 0 aliphatic carbocycles. The van der Waals surface area contributed by atoms with Gasteiger partial charge in [-0.3, -0.25) is 0 Å². The minimum atomic E-state index is 0.132. The maximum atomic E-state index is 6.04. The Morgan fingerprint density at radius 1 is 1.35 bits per heavy atom. The Morgan fingerprint density at radius 2 is 2.15 bits per heavy atom. The lowest BCUT2D eigenvalue weighted by atomic mass is 10.1. The highest BCUT2D eigenvalue weighted by Crippen LogP contribution is 2.31. The fourth-order valence-electron chi connectivity index (χ4n) is 1.98. The first-order valence-electron chi connectivity index (χ1n) is 6.26. The largest absolute Gasteiger partial charge is 0.339 e. The smallest absolute Gasteiger partial charge is 0.232 e. The SMILES string of the molecule is NC1CSCC1c1nc(CSc2ccc(Br)cc2)no1. The van der Waals surface area contributed by atoms with Crippen LogP contribution < -0.4 is 5.73 Å². The molecule has 2 unspecified atom stereocenters. The van der Waals surface area contributed by atoms with Gasteiger partial charge in [-0.15, -0.1) is 11.8 Å². The second-order valence-electron chi connectivity index (χ2n) is 4.60. The van der Waals surface area contributed by atoms with Crippen LogP contribution in [0.1, 0.15) is 17.6 Å². The maximum absolute atomic E-state index is 6.04. The average Bonchev–Trinajstić information content (AvgIpc) is 3.06. The van der Waals surface area contributed by atoms with Crippen molar-refractivity contribution in [1.29, 1.82) is 0 Å². The van der Waals surface area contributed by atoms with E-state index in [1.807, 2.05) is 23.9 Å². The highest BCUT2D eigenvalue weighted by Gasteiger charge is 2.30. The molecule has 0 spiro atoms. The Morgan fingerprint density at radius 3 is 2.85 bits per heavy atom. The summed E-state index contributed by atoms with van der Waals surface area (Å²) in [5.41, 5.74) is 6.04. The van der Waals surface area contributed by atoms with Gasteiger partial charge >= 0.3 is 0 Å². The standard InChI is InChI=1S/C13H14BrN3OS2/c14-8-1-3-9(4-2-8)20-7-12-16-13(18-17-12)10-5-19-6-11(10)15/h1-4,10-11H,5-7,15H2. The van der Waals surface area contributed by atoms with Gasteiger partial charge in [0.25, 0.3) is 0 Å². The van der Waals surface area contributed by atoms with Gasteiger partial charge in [-0.1, -0.05) is 21.1 Å². The molecule has 2 atom stereocenters. The summed E-state index contributed by atoms with van der Waals surface area (Å²) in [6, 6.07) is 8.32. The van der Waals surface area contributed by atoms with E-state index in [-0.39, 0.29) is 12.0 Å². The predicted octanol–water partition coefficient (Wildman–Crippen LogP) is 3.28. The molecule has 4 nitrogen and oxygen atoms in total. The van der Waals surface area contributed by atoms with Gasteiger partial charge in [-0.25, -0.2) is 0 Å². The van der Waals surface area contributed by atoms with Crippen LogP contribution in [-0.2, 0) is 5.75 Å². The molecule has 1 saturated heterocycles. The van der Waals surface area contributed by atoms with Crippen molar-refractivity contribution in [3.8, 4) is 0 Å². The zero-order valence-corrected chi connectivity index (χ0v) is 13.9. The van der Waals surface area contributed by atoms with Gasteiger partial charge in [-0.2, -0.15) is 16.7 Å². The summed E-state index contributed by atoms with van der Waals surface area (Å²) in [7, 11) is 0. The molecule has 1 aliphatic heterocycles. The van der Waals surface area contributed by atoms with E-state index in [0.29, 0.717) is 11.6 Å². The van der Waals surface area contributed by atoms with Crippen LogP contribution in [0, 0.1) is 0 Å². The molecule has 0 radical (unpaired) electrons. The van der Waals surface area contributed by atoms with Crippen molar-refractivity contribution < 1.29 is 4.52 Å². The molecule has 3 rings (SSSR count). The molecule has 0 amide bonds. The number of thioether (sulfide) groups is 2. The molecule has 2 heterocycles. The number of nitrogens with two attached hydrogens (primary N) is 1. The number of hydrogen-bond donors (Lipinski definition) is 1. The normalized spacial score (nSPS) is 22.3. The molecule has 7 heteroatoms. The van der Waals surface area contributed by atoms with E-state index in [1.54, 1.807) is 11.8 Å². The van der Waals surface area contributed by atoms with E-state index in [0.717, 1.165) is 21.8 Å². The zero-order chi connectivity index (χ0) is 13.9. The summed E-state index contributed by atoms with van der Waals surface area (Å²) in [6.07, 6.45) is 0. The molecule has 2 aromatic rings. The van der Waals surface area contributed by atoms with E-state index in [1.165, 1.54) is 4.90 Å². The van der Waals surface area contributed by atoms with E-state index in [2.05, 4.69) is 38.2 Å². The van der Waals surface area contributed by atoms with Gasteiger partial charge in [-0.05, 0) is 24.3 Å². The molecular formula is C13H14BrN3OS2. The van der Waals surface area contributed by atoms with Crippen LogP contribution in [0.2, 0.25) is 0 Å². The first-order valence-corrected chi connectivity index (χ1v) is 9.20. The molecule has 1 aliphatic rings. The van der Waals surface area contributed by atoms with Crippen LogP contribution in [-0.4, -0.2) is 27.7 Å². The molecule has 106 valence electrons. The second kappa shape index (κ2) is 6.51. The summed E-state index contributed by atoms with van der Waals surface area (Å²) in [5, 5.41) is 4.05. The third-order valence-corrected chi connectivity index (χ3v) is 5.86. The fourth-order valence-corrected chi connectivity index (χ4v) is 4.27. The van der Waals surface area contributed by atoms with Crippen molar-refractivity contribution in [3.63, 3.8) is 0 Å². The molecule has 1 aromatic carbocycles. The number of halogens is 1. The summed E-state index contributed by atoms with van der Waals surface area (Å²) < 4.78 is 6.43. The molecule has 2 N–H and O–H groups in total. The van der Waals surface area contributed by atoms with Crippen molar-refractivity contribution >= 4 is 39.5 Å². The minimum Gasteiger partial charge on any atom is -0.339 e. The molecule has 0 saturated carbocycles. The van der Waals surface area contributed by atoms with Crippen LogP contribution in [0.3, 0.4) is 0 Å². The third-order valence-electron chi connectivity index (χ3n) is 3.11. The van der Waals surface area contributed by atoms with Crippen LogP contribution in [0.15, 0.2) is 38.2 Å². The Kier molecular flexibility index (Phi) is 4.70. The topological polar surface area (TPSA) is 64.9 Å². The summed E-state index contributed by atoms with van der Waals surface area (Å²) in [4.78, 5) is 5.66. The first kappa shape index (κ1) is 14.4. The highest BCUT2D eigenvalue weighted by atomic mass is 79.9. The summed E-state index contributed by atoms with van der Waals surface area (Å²) in [5.74, 6) is 4.28. The number of nitrogens with zero attached hydrogens (tertiary/aromatic N) is 2. The lowest BCUT2D eigenvalue weighted by molar-refractivity contribution is 0.349. The summed E-state index contributed by atoms with van der Waals surface area (Å²) >= 11 is 6.97.